The van der Waals surface area contributed by atoms with Crippen molar-refractivity contribution >= 4 is 0 Å². The summed E-state index contributed by atoms with van der Waals surface area (Å²) in [6.45, 7) is 8.11. The van der Waals surface area contributed by atoms with Gasteiger partial charge in [-0.2, -0.15) is 5.26 Å². The van der Waals surface area contributed by atoms with Crippen LogP contribution < -0.4 is 70.4 Å². The van der Waals surface area contributed by atoms with E-state index in [0.717, 1.165) is 37.3 Å². The van der Waals surface area contributed by atoms with Crippen LogP contribution in [0.5, 0.6) is 11.5 Å². The minimum Gasteiger partial charge on any atom is -0.872 e. The van der Waals surface area contributed by atoms with Crippen LogP contribution >= 0.6 is 0 Å². The second-order valence-corrected chi connectivity index (χ2v) is 9.41. The van der Waals surface area contributed by atoms with Gasteiger partial charge >= 0.3 is 54.6 Å². The molecule has 0 aromatic heterocycles. The maximum atomic E-state index is 11.5. The molecule has 0 aliphatic rings. The summed E-state index contributed by atoms with van der Waals surface area (Å²) >= 11 is 0. The molecule has 0 fully saturated rings. The second-order valence-electron chi connectivity index (χ2n) is 7.90. The predicted molar refractivity (Wildman–Crippen MR) is 130 cm³/mol. The number of nitrogens with zero attached hydrogens (tertiary/aromatic N) is 3. The van der Waals surface area contributed by atoms with E-state index in [4.69, 9.17) is 65.5 Å². The molecule has 248 valence electrons. The van der Waals surface area contributed by atoms with Gasteiger partial charge in [-0.1, -0.05) is 48.5 Å². The maximum Gasteiger partial charge on any atom is 2.00 e. The smallest absolute Gasteiger partial charge is 0.872 e. The van der Waals surface area contributed by atoms with Crippen molar-refractivity contribution in [3.8, 4) is 17.6 Å². The fraction of sp³-hybridized carbons (Fsp3) is 0.458. The summed E-state index contributed by atoms with van der Waals surface area (Å²) in [5.41, 5.74) is 23.6. The zero-order valence-electron chi connectivity index (χ0n) is 25.1. The normalized spacial score (nSPS) is 10.1. The fourth-order valence-electron chi connectivity index (χ4n) is 3.02. The van der Waals surface area contributed by atoms with E-state index in [0.29, 0.717) is 39.3 Å². The number of para-hydroxylation sites is 2. The van der Waals surface area contributed by atoms with E-state index in [9.17, 15) is 10.2 Å². The van der Waals surface area contributed by atoms with E-state index in [-0.39, 0.29) is 66.1 Å². The van der Waals surface area contributed by atoms with E-state index >= 15 is 0 Å². The molecule has 0 atom stereocenters. The Bertz CT molecular complexity index is 897. The standard InChI is InChI=1S/2C11H19N3O.C2H3N.2Cd.2ClHO4/c2*12-5-7-14(8-6-13)9-10-3-1-2-4-11(10)15;1-2-3;;;2*2-1(3,4)5/h2*1-4,15H,5-9,12-13H2;1H3;;;2*(H,2,3,4,5)/q;;;2*+2;;/p-4. The van der Waals surface area contributed by atoms with Gasteiger partial charge in [-0.05, 0) is 11.1 Å². The molecule has 0 aliphatic carbocycles. The first kappa shape index (κ1) is 53.9. The number of benzene rings is 2. The third kappa shape index (κ3) is 43.4. The van der Waals surface area contributed by atoms with Crippen molar-refractivity contribution in [2.24, 2.45) is 22.9 Å². The Morgan fingerprint density at radius 1 is 0.578 bits per heavy atom. The third-order valence-corrected chi connectivity index (χ3v) is 4.51. The van der Waals surface area contributed by atoms with Crippen LogP contribution in [-0.2, 0) is 67.7 Å². The largest absolute Gasteiger partial charge is 2.00 e. The monoisotopic (exact) mass is 883 g/mol. The van der Waals surface area contributed by atoms with E-state index in [2.05, 4.69) is 9.80 Å². The van der Waals surface area contributed by atoms with E-state index < -0.39 is 20.5 Å². The molecular formula is C24H39Cd2Cl2N7O10. The Labute approximate surface area is 308 Å². The Kier molecular flexibility index (Phi) is 39.9. The summed E-state index contributed by atoms with van der Waals surface area (Å²) in [7, 11) is -9.89. The van der Waals surface area contributed by atoms with Crippen molar-refractivity contribution in [2.45, 2.75) is 20.0 Å². The number of nitrogens with two attached hydrogens (primary N) is 4. The van der Waals surface area contributed by atoms with Crippen molar-refractivity contribution in [1.82, 2.24) is 9.80 Å². The first-order chi connectivity index (χ1) is 20.0. The van der Waals surface area contributed by atoms with E-state index in [1.54, 1.807) is 30.3 Å². The first-order valence-electron chi connectivity index (χ1n) is 12.3. The van der Waals surface area contributed by atoms with Crippen LogP contribution in [0, 0.1) is 31.8 Å². The average molecular weight is 881 g/mol. The van der Waals surface area contributed by atoms with Gasteiger partial charge in [0.2, 0.25) is 0 Å². The van der Waals surface area contributed by atoms with Gasteiger partial charge in [0.05, 0.1) is 6.07 Å². The van der Waals surface area contributed by atoms with Gasteiger partial charge in [-0.25, -0.2) is 37.3 Å². The average Bonchev–Trinajstić information content (AvgIpc) is 2.86. The van der Waals surface area contributed by atoms with Crippen LogP contribution in [0.3, 0.4) is 0 Å². The van der Waals surface area contributed by atoms with Crippen molar-refractivity contribution in [3.63, 3.8) is 0 Å². The fourth-order valence-corrected chi connectivity index (χ4v) is 3.02. The van der Waals surface area contributed by atoms with Gasteiger partial charge < -0.3 is 33.1 Å². The SMILES string of the molecule is CC#N.NCCN(CCN)Cc1ccccc1[O-].NCCN(CCN)Cc1ccccc1[O-].[Cd+2].[Cd+2].[O-][Cl+3]([O-])([O-])[O-].[O-][Cl+3]([O-])([O-])[O-]. The summed E-state index contributed by atoms with van der Waals surface area (Å²) in [5, 5.41) is 30.3. The van der Waals surface area contributed by atoms with Gasteiger partial charge in [0.15, 0.2) is 0 Å². The summed E-state index contributed by atoms with van der Waals surface area (Å²) < 4.78 is 67.9. The molecule has 0 aliphatic heterocycles. The Balaban J connectivity index is -0.000000166. The Morgan fingerprint density at radius 2 is 0.778 bits per heavy atom. The number of hydrogen-bond donors (Lipinski definition) is 4. The summed E-state index contributed by atoms with van der Waals surface area (Å²) in [5.74, 6) is 0.160. The van der Waals surface area contributed by atoms with Crippen molar-refractivity contribution in [3.05, 3.63) is 59.7 Å². The Hall–Kier alpha value is -0.606. The van der Waals surface area contributed by atoms with Crippen LogP contribution in [0.4, 0.5) is 0 Å². The molecule has 2 rings (SSSR count). The van der Waals surface area contributed by atoms with Gasteiger partial charge in [0.25, 0.3) is 0 Å². The van der Waals surface area contributed by atoms with Gasteiger partial charge in [-0.15, -0.1) is 32.0 Å². The van der Waals surface area contributed by atoms with Crippen molar-refractivity contribution < 1.29 is 123 Å². The minimum atomic E-state index is -4.94. The van der Waals surface area contributed by atoms with Crippen LogP contribution in [-0.4, -0.2) is 62.2 Å². The zero-order valence-corrected chi connectivity index (χ0v) is 34.7. The predicted octanol–water partition coefficient (Wildman–Crippen LogP) is -10.0. The molecule has 0 unspecified atom stereocenters. The number of rotatable bonds is 12. The minimum absolute atomic E-state index is 0. The third-order valence-electron chi connectivity index (χ3n) is 4.51. The van der Waals surface area contributed by atoms with Gasteiger partial charge in [0.1, 0.15) is 0 Å². The number of hydrogen-bond acceptors (Lipinski definition) is 17. The quantitative estimate of drug-likeness (QED) is 0.144. The Morgan fingerprint density at radius 3 is 0.956 bits per heavy atom. The molecule has 0 saturated heterocycles. The topological polar surface area (TPSA) is 365 Å². The summed E-state index contributed by atoms with van der Waals surface area (Å²) in [6.07, 6.45) is 0. The maximum absolute atomic E-state index is 11.5. The molecule has 0 bridgehead atoms. The van der Waals surface area contributed by atoms with Crippen LogP contribution in [0.25, 0.3) is 0 Å². The molecule has 8 N–H and O–H groups in total. The van der Waals surface area contributed by atoms with Gasteiger partial charge in [-0.3, -0.25) is 9.80 Å². The molecular weight excluding hydrogens is 842 g/mol. The van der Waals surface area contributed by atoms with Crippen molar-refractivity contribution in [1.29, 1.82) is 5.26 Å². The molecule has 0 radical (unpaired) electrons. The van der Waals surface area contributed by atoms with Crippen LogP contribution in [0.1, 0.15) is 18.1 Å². The van der Waals surface area contributed by atoms with Gasteiger partial charge in [0, 0.05) is 72.4 Å². The molecule has 0 amide bonds. The molecule has 0 spiro atoms. The van der Waals surface area contributed by atoms with E-state index in [1.165, 1.54) is 6.92 Å². The molecule has 2 aromatic carbocycles. The molecule has 0 saturated carbocycles. The molecule has 17 nitrogen and oxygen atoms in total. The number of nitriles is 1. The molecule has 21 heteroatoms. The first-order valence-corrected chi connectivity index (χ1v) is 14.7. The van der Waals surface area contributed by atoms with Crippen LogP contribution in [0.15, 0.2) is 48.5 Å². The zero-order chi connectivity index (χ0) is 33.9. The summed E-state index contributed by atoms with van der Waals surface area (Å²) in [6, 6.07) is 15.9. The summed E-state index contributed by atoms with van der Waals surface area (Å²) in [4.78, 5) is 4.19. The van der Waals surface area contributed by atoms with Crippen LogP contribution in [0.2, 0.25) is 0 Å². The molecule has 45 heavy (non-hydrogen) atoms. The number of halogens is 2. The second kappa shape index (κ2) is 33.3. The van der Waals surface area contributed by atoms with E-state index in [1.807, 2.05) is 24.3 Å². The van der Waals surface area contributed by atoms with Crippen molar-refractivity contribution in [2.75, 3.05) is 52.4 Å². The molecule has 0 heterocycles. The molecule has 2 aromatic rings.